The number of Topliss-reactive ketones (excluding diaryl/α,β-unsaturated/α-hetero) is 1. The first-order valence-electron chi connectivity index (χ1n) is 9.45. The van der Waals surface area contributed by atoms with Gasteiger partial charge in [-0.1, -0.05) is 39.3 Å². The van der Waals surface area contributed by atoms with E-state index >= 15 is 0 Å². The van der Waals surface area contributed by atoms with Crippen molar-refractivity contribution in [3.63, 3.8) is 0 Å². The Balaban J connectivity index is 3.20. The van der Waals surface area contributed by atoms with Crippen molar-refractivity contribution in [2.45, 2.75) is 84.5 Å². The highest BCUT2D eigenvalue weighted by atomic mass is 16.5. The molecule has 1 fully saturated rings. The average molecular weight is 353 g/mol. The van der Waals surface area contributed by atoms with E-state index in [0.29, 0.717) is 0 Å². The highest BCUT2D eigenvalue weighted by Gasteiger charge is 2.47. The van der Waals surface area contributed by atoms with E-state index < -0.39 is 5.60 Å². The van der Waals surface area contributed by atoms with E-state index in [4.69, 9.17) is 4.74 Å². The smallest absolute Gasteiger partial charge is 0.217 e. The molecule has 0 aliphatic carbocycles. The van der Waals surface area contributed by atoms with Gasteiger partial charge in [-0.3, -0.25) is 9.59 Å². The zero-order valence-corrected chi connectivity index (χ0v) is 16.9. The fraction of sp³-hybridized carbons (Fsp3) is 0.800. The zero-order chi connectivity index (χ0) is 19.2. The molecule has 0 aromatic carbocycles. The van der Waals surface area contributed by atoms with Crippen LogP contribution < -0.4 is 10.6 Å². The Morgan fingerprint density at radius 1 is 1.40 bits per heavy atom. The van der Waals surface area contributed by atoms with Gasteiger partial charge in [-0.2, -0.15) is 0 Å². The molecule has 0 aromatic rings. The number of ether oxygens (including phenoxy) is 1. The van der Waals surface area contributed by atoms with Gasteiger partial charge in [0.1, 0.15) is 0 Å². The second-order valence-corrected chi connectivity index (χ2v) is 7.67. The second kappa shape index (κ2) is 9.48. The molecule has 1 heterocycles. The lowest BCUT2D eigenvalue weighted by Gasteiger charge is -2.41. The molecule has 5 nitrogen and oxygen atoms in total. The molecule has 2 N–H and O–H groups in total. The summed E-state index contributed by atoms with van der Waals surface area (Å²) >= 11 is 0. The van der Waals surface area contributed by atoms with E-state index in [2.05, 4.69) is 23.6 Å². The van der Waals surface area contributed by atoms with Crippen LogP contribution in [0.5, 0.6) is 0 Å². The monoisotopic (exact) mass is 352 g/mol. The van der Waals surface area contributed by atoms with Gasteiger partial charge in [-0.15, -0.1) is 0 Å². The molecule has 0 saturated carbocycles. The summed E-state index contributed by atoms with van der Waals surface area (Å²) in [6, 6.07) is -0.421. The van der Waals surface area contributed by atoms with E-state index in [9.17, 15) is 9.59 Å². The topological polar surface area (TPSA) is 67.4 Å². The molecule has 1 rings (SSSR count). The van der Waals surface area contributed by atoms with Crippen molar-refractivity contribution in [1.29, 1.82) is 0 Å². The van der Waals surface area contributed by atoms with E-state index in [-0.39, 0.29) is 41.7 Å². The van der Waals surface area contributed by atoms with Crippen LogP contribution in [-0.4, -0.2) is 42.5 Å². The predicted octanol–water partition coefficient (Wildman–Crippen LogP) is 2.84. The van der Waals surface area contributed by atoms with Crippen LogP contribution in [0.2, 0.25) is 0 Å². The zero-order valence-electron chi connectivity index (χ0n) is 16.9. The number of carbonyl (C=O) groups is 2. The minimum Gasteiger partial charge on any atom is -0.376 e. The summed E-state index contributed by atoms with van der Waals surface area (Å²) in [4.78, 5) is 24.4. The molecular formula is C20H36N2O3. The minimum absolute atomic E-state index is 0.00817. The molecule has 1 aliphatic heterocycles. The molecule has 0 radical (unpaired) electrons. The van der Waals surface area contributed by atoms with E-state index in [1.807, 2.05) is 33.8 Å². The number of nitrogens with one attached hydrogen (secondary N) is 2. The molecule has 5 heteroatoms. The van der Waals surface area contributed by atoms with Crippen molar-refractivity contribution < 1.29 is 14.3 Å². The molecular weight excluding hydrogens is 316 g/mol. The van der Waals surface area contributed by atoms with Crippen LogP contribution in [0.3, 0.4) is 0 Å². The Bertz CT molecular complexity index is 489. The number of hydrogen-bond donors (Lipinski definition) is 2. The first-order valence-corrected chi connectivity index (χ1v) is 9.45. The first kappa shape index (κ1) is 21.8. The summed E-state index contributed by atoms with van der Waals surface area (Å²) < 4.78 is 5.86. The van der Waals surface area contributed by atoms with Crippen molar-refractivity contribution in [2.75, 3.05) is 7.11 Å². The van der Waals surface area contributed by atoms with Crippen molar-refractivity contribution in [3.8, 4) is 0 Å². The number of ketones is 1. The Morgan fingerprint density at radius 3 is 2.48 bits per heavy atom. The summed E-state index contributed by atoms with van der Waals surface area (Å²) in [5, 5.41) is 6.62. The van der Waals surface area contributed by atoms with Crippen molar-refractivity contribution in [1.82, 2.24) is 10.6 Å². The van der Waals surface area contributed by atoms with Gasteiger partial charge in [0.25, 0.3) is 0 Å². The lowest BCUT2D eigenvalue weighted by molar-refractivity contribution is -0.124. The molecule has 0 bridgehead atoms. The van der Waals surface area contributed by atoms with Crippen LogP contribution in [-0.2, 0) is 14.3 Å². The number of carbonyl (C=O) groups excluding carboxylic acids is 2. The van der Waals surface area contributed by atoms with Crippen LogP contribution in [0.1, 0.15) is 60.8 Å². The Kier molecular flexibility index (Phi) is 8.29. The number of amides is 1. The lowest BCUT2D eigenvalue weighted by Crippen LogP contribution is -2.62. The summed E-state index contributed by atoms with van der Waals surface area (Å²) in [5.41, 5.74) is -0.492. The van der Waals surface area contributed by atoms with Crippen LogP contribution in [0.15, 0.2) is 12.2 Å². The molecule has 1 unspecified atom stereocenters. The maximum absolute atomic E-state index is 12.5. The Hall–Kier alpha value is -1.20. The van der Waals surface area contributed by atoms with Gasteiger partial charge in [-0.25, -0.2) is 0 Å². The van der Waals surface area contributed by atoms with Gasteiger partial charge in [0, 0.05) is 26.0 Å². The lowest BCUT2D eigenvalue weighted by atomic mass is 9.81. The van der Waals surface area contributed by atoms with Gasteiger partial charge in [0.2, 0.25) is 5.91 Å². The quantitative estimate of drug-likeness (QED) is 0.626. The van der Waals surface area contributed by atoms with Gasteiger partial charge < -0.3 is 15.4 Å². The van der Waals surface area contributed by atoms with E-state index in [1.54, 1.807) is 7.11 Å². The standard InChI is InChI=1S/C20H36N2O3/c1-8-10-15-12-16(18(24)13(3)4)22-17(15)19(21-14(5)23)20(6,25-7)11-9-2/h8,10,13,15-17,19,22H,9,11-12H2,1-7H3,(H,21,23)/b10-8-/t15-,16-,17?,19-,20+/m1/s1. The summed E-state index contributed by atoms with van der Waals surface area (Å²) in [6.07, 6.45) is 6.71. The van der Waals surface area contributed by atoms with Crippen LogP contribution in [0, 0.1) is 11.8 Å². The molecule has 5 atom stereocenters. The third kappa shape index (κ3) is 5.38. The SMILES string of the molecule is C/C=C\[C@@H]1C[C@H](C(=O)C(C)C)NC1[C@@H](NC(C)=O)[C@](C)(CCC)OC. The molecule has 144 valence electrons. The van der Waals surface area contributed by atoms with Crippen LogP contribution in [0.25, 0.3) is 0 Å². The summed E-state index contributed by atoms with van der Waals surface area (Å²) in [5.74, 6) is 0.323. The summed E-state index contributed by atoms with van der Waals surface area (Å²) in [7, 11) is 1.70. The van der Waals surface area contributed by atoms with E-state index in [1.165, 1.54) is 6.92 Å². The van der Waals surface area contributed by atoms with Crippen LogP contribution >= 0.6 is 0 Å². The minimum atomic E-state index is -0.492. The Morgan fingerprint density at radius 2 is 2.04 bits per heavy atom. The fourth-order valence-electron chi connectivity index (χ4n) is 3.95. The molecule has 1 aliphatic rings. The summed E-state index contributed by atoms with van der Waals surface area (Å²) in [6.45, 7) is 11.5. The first-order chi connectivity index (χ1) is 11.7. The number of rotatable bonds is 9. The number of methoxy groups -OCH3 is 1. The number of hydrogen-bond acceptors (Lipinski definition) is 4. The molecule has 1 amide bonds. The molecule has 1 saturated heterocycles. The number of allylic oxidation sites excluding steroid dienone is 1. The van der Waals surface area contributed by atoms with E-state index in [0.717, 1.165) is 19.3 Å². The second-order valence-electron chi connectivity index (χ2n) is 7.67. The maximum Gasteiger partial charge on any atom is 0.217 e. The fourth-order valence-corrected chi connectivity index (χ4v) is 3.95. The van der Waals surface area contributed by atoms with Crippen molar-refractivity contribution in [2.24, 2.45) is 11.8 Å². The third-order valence-electron chi connectivity index (χ3n) is 5.30. The van der Waals surface area contributed by atoms with Crippen molar-refractivity contribution in [3.05, 3.63) is 12.2 Å². The molecule has 0 aromatic heterocycles. The average Bonchev–Trinajstić information content (AvgIpc) is 2.95. The molecule has 0 spiro atoms. The van der Waals surface area contributed by atoms with Gasteiger partial charge in [0.05, 0.1) is 17.7 Å². The Labute approximate surface area is 153 Å². The van der Waals surface area contributed by atoms with Gasteiger partial charge in [0.15, 0.2) is 5.78 Å². The normalized spacial score (nSPS) is 27.4. The highest BCUT2D eigenvalue weighted by molar-refractivity contribution is 5.86. The maximum atomic E-state index is 12.5. The third-order valence-corrected chi connectivity index (χ3v) is 5.30. The highest BCUT2D eigenvalue weighted by Crippen LogP contribution is 2.33. The van der Waals surface area contributed by atoms with Gasteiger partial charge >= 0.3 is 0 Å². The van der Waals surface area contributed by atoms with Crippen molar-refractivity contribution >= 4 is 11.7 Å². The van der Waals surface area contributed by atoms with Gasteiger partial charge in [-0.05, 0) is 32.6 Å². The molecule has 25 heavy (non-hydrogen) atoms. The predicted molar refractivity (Wildman–Crippen MR) is 101 cm³/mol. The largest absolute Gasteiger partial charge is 0.376 e. The van der Waals surface area contributed by atoms with Crippen LogP contribution in [0.4, 0.5) is 0 Å².